The van der Waals surface area contributed by atoms with E-state index < -0.39 is 12.0 Å². The summed E-state index contributed by atoms with van der Waals surface area (Å²) in [5.74, 6) is -0.432. The Bertz CT molecular complexity index is 687. The summed E-state index contributed by atoms with van der Waals surface area (Å²) in [5.41, 5.74) is 6.65. The Hall–Kier alpha value is -2.32. The number of amides is 2. The standard InChI is InChI=1S/C13H13ClN4O3S/c14-8-3-1-7(2-4-8)10-9(18-12(15)22-10)11(19)16-5-6-17-13(20)21/h1-4,17H,5-6H2,(H2,15,18)(H,16,19)(H,20,21)/p-1. The Morgan fingerprint density at radius 1 is 1.23 bits per heavy atom. The fourth-order valence-electron chi connectivity index (χ4n) is 1.71. The van der Waals surface area contributed by atoms with E-state index >= 15 is 0 Å². The number of carboxylic acid groups (broad SMARTS) is 1. The predicted molar refractivity (Wildman–Crippen MR) is 82.7 cm³/mol. The lowest BCUT2D eigenvalue weighted by molar-refractivity contribution is -0.250. The van der Waals surface area contributed by atoms with E-state index in [0.717, 1.165) is 5.56 Å². The molecule has 0 spiro atoms. The van der Waals surface area contributed by atoms with Crippen molar-refractivity contribution in [2.45, 2.75) is 0 Å². The van der Waals surface area contributed by atoms with Gasteiger partial charge < -0.3 is 26.3 Å². The molecule has 7 nitrogen and oxygen atoms in total. The monoisotopic (exact) mass is 339 g/mol. The highest BCUT2D eigenvalue weighted by Crippen LogP contribution is 2.32. The number of aromatic nitrogens is 1. The van der Waals surface area contributed by atoms with Gasteiger partial charge in [-0.3, -0.25) is 4.79 Å². The van der Waals surface area contributed by atoms with Gasteiger partial charge in [-0.05, 0) is 17.7 Å². The zero-order chi connectivity index (χ0) is 16.1. The number of nitrogen functional groups attached to an aromatic ring is 1. The molecule has 0 fully saturated rings. The zero-order valence-electron chi connectivity index (χ0n) is 11.3. The van der Waals surface area contributed by atoms with Gasteiger partial charge in [0.05, 0.1) is 4.88 Å². The number of nitrogens with one attached hydrogen (secondary N) is 2. The van der Waals surface area contributed by atoms with Crippen LogP contribution in [0, 0.1) is 0 Å². The Kier molecular flexibility index (Phi) is 5.18. The van der Waals surface area contributed by atoms with Gasteiger partial charge in [-0.15, -0.1) is 0 Å². The van der Waals surface area contributed by atoms with Crippen LogP contribution in [0.1, 0.15) is 10.5 Å². The number of nitrogens with two attached hydrogens (primary N) is 1. The van der Waals surface area contributed by atoms with Crippen molar-refractivity contribution in [1.82, 2.24) is 15.6 Å². The van der Waals surface area contributed by atoms with Crippen molar-refractivity contribution in [3.05, 3.63) is 35.0 Å². The maximum absolute atomic E-state index is 12.1. The third-order valence-corrected chi connectivity index (χ3v) is 3.83. The smallest absolute Gasteiger partial charge is 0.271 e. The number of carbonyl (C=O) groups excluding carboxylic acids is 2. The van der Waals surface area contributed by atoms with Gasteiger partial charge in [-0.2, -0.15) is 0 Å². The molecule has 0 aliphatic rings. The fraction of sp³-hybridized carbons (Fsp3) is 0.154. The van der Waals surface area contributed by atoms with Crippen LogP contribution < -0.4 is 21.5 Å². The fourth-order valence-corrected chi connectivity index (χ4v) is 2.67. The molecule has 4 N–H and O–H groups in total. The quantitative estimate of drug-likeness (QED) is 0.693. The van der Waals surface area contributed by atoms with Gasteiger partial charge in [0, 0.05) is 18.1 Å². The topological polar surface area (TPSA) is 120 Å². The lowest BCUT2D eigenvalue weighted by Crippen LogP contribution is -2.41. The molecule has 0 atom stereocenters. The van der Waals surface area contributed by atoms with E-state index in [9.17, 15) is 14.7 Å². The normalized spacial score (nSPS) is 10.2. The van der Waals surface area contributed by atoms with Crippen molar-refractivity contribution in [2.75, 3.05) is 18.8 Å². The van der Waals surface area contributed by atoms with Crippen LogP contribution >= 0.6 is 22.9 Å². The van der Waals surface area contributed by atoms with E-state index in [2.05, 4.69) is 10.3 Å². The molecule has 0 saturated carbocycles. The van der Waals surface area contributed by atoms with Crippen LogP contribution in [-0.2, 0) is 0 Å². The summed E-state index contributed by atoms with van der Waals surface area (Å²) >= 11 is 7.03. The number of anilines is 1. The van der Waals surface area contributed by atoms with Crippen LogP contribution in [0.3, 0.4) is 0 Å². The van der Waals surface area contributed by atoms with Gasteiger partial charge in [0.25, 0.3) is 5.91 Å². The molecule has 0 unspecified atom stereocenters. The SMILES string of the molecule is Nc1nc(C(=O)NCCNC(=O)[O-])c(-c2ccc(Cl)cc2)s1. The summed E-state index contributed by atoms with van der Waals surface area (Å²) < 4.78 is 0. The Morgan fingerprint density at radius 3 is 2.50 bits per heavy atom. The van der Waals surface area contributed by atoms with Crippen LogP contribution in [0.2, 0.25) is 5.02 Å². The number of rotatable bonds is 5. The molecule has 9 heteroatoms. The van der Waals surface area contributed by atoms with Crippen LogP contribution in [-0.4, -0.2) is 30.1 Å². The first-order valence-corrected chi connectivity index (χ1v) is 7.42. The molecular formula is C13H12ClN4O3S-. The van der Waals surface area contributed by atoms with Gasteiger partial charge >= 0.3 is 0 Å². The third-order valence-electron chi connectivity index (χ3n) is 2.65. The van der Waals surface area contributed by atoms with Crippen LogP contribution in [0.4, 0.5) is 9.93 Å². The molecule has 2 aromatic rings. The molecule has 22 heavy (non-hydrogen) atoms. The summed E-state index contributed by atoms with van der Waals surface area (Å²) in [7, 11) is 0. The number of hydrogen-bond donors (Lipinski definition) is 3. The second kappa shape index (κ2) is 7.10. The molecule has 1 aromatic heterocycles. The largest absolute Gasteiger partial charge is 0.530 e. The molecule has 0 radical (unpaired) electrons. The number of carbonyl (C=O) groups is 2. The van der Waals surface area contributed by atoms with E-state index in [1.807, 2.05) is 5.32 Å². The van der Waals surface area contributed by atoms with Crippen LogP contribution in [0.25, 0.3) is 10.4 Å². The van der Waals surface area contributed by atoms with E-state index in [1.165, 1.54) is 11.3 Å². The van der Waals surface area contributed by atoms with Crippen molar-refractivity contribution in [1.29, 1.82) is 0 Å². The van der Waals surface area contributed by atoms with E-state index in [1.54, 1.807) is 24.3 Å². The maximum atomic E-state index is 12.1. The van der Waals surface area contributed by atoms with Crippen molar-refractivity contribution >= 4 is 40.1 Å². The molecule has 116 valence electrons. The first-order chi connectivity index (χ1) is 10.5. The molecule has 2 amide bonds. The van der Waals surface area contributed by atoms with Crippen LogP contribution in [0.5, 0.6) is 0 Å². The second-order valence-electron chi connectivity index (χ2n) is 4.21. The molecule has 1 heterocycles. The van der Waals surface area contributed by atoms with Gasteiger partial charge in [-0.1, -0.05) is 35.1 Å². The summed E-state index contributed by atoms with van der Waals surface area (Å²) in [6.07, 6.45) is -1.39. The van der Waals surface area contributed by atoms with E-state index in [4.69, 9.17) is 17.3 Å². The first-order valence-electron chi connectivity index (χ1n) is 6.22. The summed E-state index contributed by atoms with van der Waals surface area (Å²) in [5, 5.41) is 15.7. The molecular weight excluding hydrogens is 328 g/mol. The zero-order valence-corrected chi connectivity index (χ0v) is 12.8. The van der Waals surface area contributed by atoms with Gasteiger partial charge in [0.1, 0.15) is 11.8 Å². The number of thiazole rings is 1. The minimum absolute atomic E-state index is 0.0456. The summed E-state index contributed by atoms with van der Waals surface area (Å²) in [6.45, 7) is 0.161. The first kappa shape index (κ1) is 16.1. The van der Waals surface area contributed by atoms with Crippen molar-refractivity contribution in [2.24, 2.45) is 0 Å². The Balaban J connectivity index is 2.12. The molecule has 2 rings (SSSR count). The average Bonchev–Trinajstić information content (AvgIpc) is 2.86. The molecule has 0 bridgehead atoms. The minimum Gasteiger partial charge on any atom is -0.530 e. The Labute approximate surface area is 135 Å². The molecule has 0 aliphatic carbocycles. The highest BCUT2D eigenvalue weighted by Gasteiger charge is 2.18. The van der Waals surface area contributed by atoms with Gasteiger partial charge in [0.15, 0.2) is 5.13 Å². The highest BCUT2D eigenvalue weighted by molar-refractivity contribution is 7.19. The predicted octanol–water partition coefficient (Wildman–Crippen LogP) is 0.708. The van der Waals surface area contributed by atoms with Crippen LogP contribution in [0.15, 0.2) is 24.3 Å². The minimum atomic E-state index is -1.39. The van der Waals surface area contributed by atoms with Crippen molar-refractivity contribution in [3.63, 3.8) is 0 Å². The number of halogens is 1. The van der Waals surface area contributed by atoms with Gasteiger partial charge in [-0.25, -0.2) is 4.98 Å². The number of hydrogen-bond acceptors (Lipinski definition) is 6. The van der Waals surface area contributed by atoms with E-state index in [0.29, 0.717) is 9.90 Å². The maximum Gasteiger partial charge on any atom is 0.271 e. The lowest BCUT2D eigenvalue weighted by Gasteiger charge is -2.08. The second-order valence-corrected chi connectivity index (χ2v) is 5.67. The highest BCUT2D eigenvalue weighted by atomic mass is 35.5. The molecule has 0 saturated heterocycles. The average molecular weight is 340 g/mol. The molecule has 0 aliphatic heterocycles. The van der Waals surface area contributed by atoms with E-state index in [-0.39, 0.29) is 23.9 Å². The summed E-state index contributed by atoms with van der Waals surface area (Å²) in [4.78, 5) is 27.0. The van der Waals surface area contributed by atoms with Gasteiger partial charge in [0.2, 0.25) is 0 Å². The Morgan fingerprint density at radius 2 is 1.86 bits per heavy atom. The molecule has 1 aromatic carbocycles. The number of benzene rings is 1. The number of nitrogens with zero attached hydrogens (tertiary/aromatic N) is 1. The lowest BCUT2D eigenvalue weighted by atomic mass is 10.1. The third kappa shape index (κ3) is 4.09. The summed E-state index contributed by atoms with van der Waals surface area (Å²) in [6, 6.07) is 6.95. The van der Waals surface area contributed by atoms with Crippen molar-refractivity contribution < 1.29 is 14.7 Å². The van der Waals surface area contributed by atoms with Crippen molar-refractivity contribution in [3.8, 4) is 10.4 Å².